The average Bonchev–Trinajstić information content (AvgIpc) is 2.73. The monoisotopic (exact) mass is 387 g/mol. The number of nitro benzene ring substituents is 1. The van der Waals surface area contributed by atoms with Crippen LogP contribution in [0.5, 0.6) is 17.2 Å². The molecule has 1 aliphatic heterocycles. The summed E-state index contributed by atoms with van der Waals surface area (Å²) in [6.07, 6.45) is 1.89. The molecule has 8 heteroatoms. The largest absolute Gasteiger partial charge is 0.497 e. The Morgan fingerprint density at radius 3 is 2.18 bits per heavy atom. The molecule has 1 N–H and O–H groups in total. The van der Waals surface area contributed by atoms with Crippen molar-refractivity contribution < 1.29 is 19.1 Å². The number of nitrogens with zero attached hydrogens (tertiary/aromatic N) is 2. The molecular formula is C20H25N3O5. The second-order valence-corrected chi connectivity index (χ2v) is 6.62. The van der Waals surface area contributed by atoms with Crippen LogP contribution in [0.1, 0.15) is 12.8 Å². The molecular weight excluding hydrogens is 362 g/mol. The van der Waals surface area contributed by atoms with Crippen molar-refractivity contribution in [3.63, 3.8) is 0 Å². The van der Waals surface area contributed by atoms with Crippen LogP contribution in [-0.2, 0) is 0 Å². The van der Waals surface area contributed by atoms with Gasteiger partial charge in [-0.05, 0) is 18.9 Å². The SMILES string of the molecule is COc1cc(NC2CCN(c3ccc([N+](=O)[O-])c(OC)c3)CC2)cc(OC)c1. The molecule has 1 saturated heterocycles. The van der Waals surface area contributed by atoms with E-state index in [0.717, 1.165) is 48.8 Å². The van der Waals surface area contributed by atoms with E-state index in [4.69, 9.17) is 14.2 Å². The average molecular weight is 387 g/mol. The Bertz CT molecular complexity index is 812. The van der Waals surface area contributed by atoms with E-state index in [-0.39, 0.29) is 11.4 Å². The third kappa shape index (κ3) is 4.39. The van der Waals surface area contributed by atoms with Gasteiger partial charge in [0.15, 0.2) is 5.75 Å². The van der Waals surface area contributed by atoms with Crippen LogP contribution in [-0.4, -0.2) is 45.4 Å². The molecule has 0 atom stereocenters. The summed E-state index contributed by atoms with van der Waals surface area (Å²) in [6, 6.07) is 11.1. The molecule has 0 aliphatic carbocycles. The number of benzene rings is 2. The summed E-state index contributed by atoms with van der Waals surface area (Å²) in [6.45, 7) is 1.69. The van der Waals surface area contributed by atoms with Gasteiger partial charge >= 0.3 is 5.69 Å². The van der Waals surface area contributed by atoms with E-state index in [1.54, 1.807) is 26.4 Å². The van der Waals surface area contributed by atoms with E-state index < -0.39 is 4.92 Å². The Labute approximate surface area is 164 Å². The van der Waals surface area contributed by atoms with Crippen LogP contribution in [0.2, 0.25) is 0 Å². The molecule has 2 aromatic carbocycles. The van der Waals surface area contributed by atoms with Crippen molar-refractivity contribution >= 4 is 17.1 Å². The van der Waals surface area contributed by atoms with Crippen LogP contribution in [0.3, 0.4) is 0 Å². The minimum Gasteiger partial charge on any atom is -0.497 e. The highest BCUT2D eigenvalue weighted by atomic mass is 16.6. The molecule has 28 heavy (non-hydrogen) atoms. The Kier molecular flexibility index (Phi) is 6.08. The standard InChI is InChI=1S/C20H25N3O5/c1-26-17-10-15(11-18(13-17)27-2)21-14-6-8-22(9-7-14)16-4-5-19(23(24)25)20(12-16)28-3/h4-5,10-14,21H,6-9H2,1-3H3. The number of ether oxygens (including phenoxy) is 3. The molecule has 0 spiro atoms. The predicted octanol–water partition coefficient (Wildman–Crippen LogP) is 3.70. The molecule has 0 amide bonds. The van der Waals surface area contributed by atoms with Gasteiger partial charge in [-0.15, -0.1) is 0 Å². The van der Waals surface area contributed by atoms with Crippen LogP contribution in [0.4, 0.5) is 17.1 Å². The first-order valence-corrected chi connectivity index (χ1v) is 9.11. The Balaban J connectivity index is 1.64. The normalized spacial score (nSPS) is 14.5. The number of nitrogens with one attached hydrogen (secondary N) is 1. The van der Waals surface area contributed by atoms with Crippen LogP contribution in [0.25, 0.3) is 0 Å². The van der Waals surface area contributed by atoms with Crippen LogP contribution < -0.4 is 24.4 Å². The van der Waals surface area contributed by atoms with Crippen LogP contribution in [0, 0.1) is 10.1 Å². The van der Waals surface area contributed by atoms with E-state index >= 15 is 0 Å². The molecule has 2 aromatic rings. The molecule has 3 rings (SSSR count). The minimum atomic E-state index is -0.429. The number of hydrogen-bond donors (Lipinski definition) is 1. The number of nitro groups is 1. The lowest BCUT2D eigenvalue weighted by Crippen LogP contribution is -2.39. The highest BCUT2D eigenvalue weighted by molar-refractivity contribution is 5.60. The van der Waals surface area contributed by atoms with E-state index in [1.165, 1.54) is 13.2 Å². The van der Waals surface area contributed by atoms with Gasteiger partial charge in [0.05, 0.1) is 26.3 Å². The maximum atomic E-state index is 11.1. The summed E-state index contributed by atoms with van der Waals surface area (Å²) in [5, 5.41) is 14.6. The van der Waals surface area contributed by atoms with E-state index in [9.17, 15) is 10.1 Å². The second-order valence-electron chi connectivity index (χ2n) is 6.62. The molecule has 1 aliphatic rings. The summed E-state index contributed by atoms with van der Waals surface area (Å²) in [7, 11) is 4.72. The van der Waals surface area contributed by atoms with Gasteiger partial charge in [0.2, 0.25) is 0 Å². The number of anilines is 2. The van der Waals surface area contributed by atoms with Crippen molar-refractivity contribution in [2.45, 2.75) is 18.9 Å². The lowest BCUT2D eigenvalue weighted by atomic mass is 10.0. The zero-order valence-electron chi connectivity index (χ0n) is 16.3. The van der Waals surface area contributed by atoms with Crippen molar-refractivity contribution in [3.8, 4) is 17.2 Å². The lowest BCUT2D eigenvalue weighted by Gasteiger charge is -2.34. The molecule has 0 saturated carbocycles. The summed E-state index contributed by atoms with van der Waals surface area (Å²) in [5.74, 6) is 1.78. The quantitative estimate of drug-likeness (QED) is 0.572. The Morgan fingerprint density at radius 1 is 1.00 bits per heavy atom. The van der Waals surface area contributed by atoms with E-state index in [2.05, 4.69) is 10.2 Å². The minimum absolute atomic E-state index is 0.0187. The van der Waals surface area contributed by atoms with Crippen molar-refractivity contribution in [2.75, 3.05) is 44.6 Å². The van der Waals surface area contributed by atoms with Crippen LogP contribution in [0.15, 0.2) is 36.4 Å². The topological polar surface area (TPSA) is 86.1 Å². The molecule has 8 nitrogen and oxygen atoms in total. The first-order valence-electron chi connectivity index (χ1n) is 9.11. The summed E-state index contributed by atoms with van der Waals surface area (Å²) < 4.78 is 15.8. The highest BCUT2D eigenvalue weighted by Crippen LogP contribution is 2.33. The fourth-order valence-corrected chi connectivity index (χ4v) is 3.42. The van der Waals surface area contributed by atoms with Crippen molar-refractivity contribution in [2.24, 2.45) is 0 Å². The molecule has 1 fully saturated rings. The smallest absolute Gasteiger partial charge is 0.311 e. The maximum Gasteiger partial charge on any atom is 0.311 e. The summed E-state index contributed by atoms with van der Waals surface area (Å²) in [5.41, 5.74) is 1.88. The molecule has 1 heterocycles. The summed E-state index contributed by atoms with van der Waals surface area (Å²) >= 11 is 0. The molecule has 0 radical (unpaired) electrons. The molecule has 0 unspecified atom stereocenters. The van der Waals surface area contributed by atoms with Gasteiger partial charge < -0.3 is 24.4 Å². The fraction of sp³-hybridized carbons (Fsp3) is 0.400. The predicted molar refractivity (Wildman–Crippen MR) is 108 cm³/mol. The Morgan fingerprint density at radius 2 is 1.64 bits per heavy atom. The number of hydrogen-bond acceptors (Lipinski definition) is 7. The zero-order valence-corrected chi connectivity index (χ0v) is 16.3. The second kappa shape index (κ2) is 8.69. The maximum absolute atomic E-state index is 11.1. The highest BCUT2D eigenvalue weighted by Gasteiger charge is 2.22. The van der Waals surface area contributed by atoms with Gasteiger partial charge in [0.25, 0.3) is 0 Å². The van der Waals surface area contributed by atoms with Gasteiger partial charge in [0.1, 0.15) is 11.5 Å². The number of rotatable bonds is 7. The van der Waals surface area contributed by atoms with Gasteiger partial charge in [-0.2, -0.15) is 0 Å². The third-order valence-electron chi connectivity index (χ3n) is 4.94. The third-order valence-corrected chi connectivity index (χ3v) is 4.94. The lowest BCUT2D eigenvalue weighted by molar-refractivity contribution is -0.385. The molecule has 0 bridgehead atoms. The van der Waals surface area contributed by atoms with Crippen molar-refractivity contribution in [1.29, 1.82) is 0 Å². The van der Waals surface area contributed by atoms with Gasteiger partial charge in [-0.3, -0.25) is 10.1 Å². The molecule has 0 aromatic heterocycles. The van der Waals surface area contributed by atoms with Gasteiger partial charge in [0, 0.05) is 60.8 Å². The van der Waals surface area contributed by atoms with E-state index in [1.807, 2.05) is 18.2 Å². The van der Waals surface area contributed by atoms with Crippen molar-refractivity contribution in [3.05, 3.63) is 46.5 Å². The molecule has 150 valence electrons. The first kappa shape index (κ1) is 19.6. The zero-order chi connectivity index (χ0) is 20.1. The number of piperidine rings is 1. The van der Waals surface area contributed by atoms with Gasteiger partial charge in [-0.1, -0.05) is 0 Å². The van der Waals surface area contributed by atoms with Gasteiger partial charge in [-0.25, -0.2) is 0 Å². The summed E-state index contributed by atoms with van der Waals surface area (Å²) in [4.78, 5) is 12.9. The number of methoxy groups -OCH3 is 3. The van der Waals surface area contributed by atoms with E-state index in [0.29, 0.717) is 6.04 Å². The van der Waals surface area contributed by atoms with Crippen LogP contribution >= 0.6 is 0 Å². The first-order chi connectivity index (χ1) is 13.5. The fourth-order valence-electron chi connectivity index (χ4n) is 3.42. The Hall–Kier alpha value is -3.16. The van der Waals surface area contributed by atoms with Crippen molar-refractivity contribution in [1.82, 2.24) is 0 Å².